The molecule has 0 aliphatic carbocycles. The predicted octanol–water partition coefficient (Wildman–Crippen LogP) is 7.10. The first-order valence-electron chi connectivity index (χ1n) is 11.7. The molecule has 0 spiro atoms. The molecule has 1 aliphatic rings. The summed E-state index contributed by atoms with van der Waals surface area (Å²) < 4.78 is 7.62. The third-order valence-electron chi connectivity index (χ3n) is 6.35. The van der Waals surface area contributed by atoms with E-state index < -0.39 is 30.3 Å². The summed E-state index contributed by atoms with van der Waals surface area (Å²) in [4.78, 5) is 28.0. The maximum absolute atomic E-state index is 14.0. The molecule has 4 rings (SSSR count). The van der Waals surface area contributed by atoms with Gasteiger partial charge in [-0.1, -0.05) is 72.9 Å². The number of ether oxygens (including phenoxy) is 1. The molecular weight excluding hydrogens is 612 g/mol. The second-order valence-electron chi connectivity index (χ2n) is 8.81. The Labute approximate surface area is 234 Å². The van der Waals surface area contributed by atoms with Gasteiger partial charge in [0.1, 0.15) is 18.2 Å². The van der Waals surface area contributed by atoms with E-state index in [1.807, 2.05) is 55.5 Å². The van der Waals surface area contributed by atoms with E-state index >= 15 is 0 Å². The van der Waals surface area contributed by atoms with Crippen LogP contribution in [0.1, 0.15) is 48.6 Å². The van der Waals surface area contributed by atoms with Crippen molar-refractivity contribution in [1.29, 1.82) is 0 Å². The molecule has 1 unspecified atom stereocenters. The van der Waals surface area contributed by atoms with Gasteiger partial charge in [0.2, 0.25) is 0 Å². The van der Waals surface area contributed by atoms with Crippen LogP contribution in [0.2, 0.25) is 10.0 Å². The Balaban J connectivity index is 1.84. The van der Waals surface area contributed by atoms with Gasteiger partial charge in [0.05, 0.1) is 6.04 Å². The number of hydrogen-bond donors (Lipinski definition) is 1. The molecule has 1 fully saturated rings. The van der Waals surface area contributed by atoms with Crippen LogP contribution in [-0.2, 0) is 20.7 Å². The summed E-state index contributed by atoms with van der Waals surface area (Å²) in [5.74, 6) is -1.37. The number of carboxylic acids is 1. The molecule has 3 aromatic carbocycles. The van der Waals surface area contributed by atoms with E-state index in [0.717, 1.165) is 20.3 Å². The Morgan fingerprint density at radius 1 is 0.972 bits per heavy atom. The van der Waals surface area contributed by atoms with Gasteiger partial charge < -0.3 is 14.7 Å². The first-order valence-corrected chi connectivity index (χ1v) is 13.6. The van der Waals surface area contributed by atoms with Gasteiger partial charge in [0.15, 0.2) is 0 Å². The van der Waals surface area contributed by atoms with E-state index in [1.165, 1.54) is 4.90 Å². The SMILES string of the molecule is CCCC(C(=O)O)N1C(=O)[C@H](Cc2ccc(I)cc2)O[C@@H](c2ccc(Cl)cc2)[C@H]1c1ccc(Cl)cc1. The third-order valence-corrected chi connectivity index (χ3v) is 7.58. The lowest BCUT2D eigenvalue weighted by molar-refractivity contribution is -0.184. The van der Waals surface area contributed by atoms with Crippen molar-refractivity contribution in [3.63, 3.8) is 0 Å². The Morgan fingerprint density at radius 3 is 2.06 bits per heavy atom. The summed E-state index contributed by atoms with van der Waals surface area (Å²) in [6, 6.07) is 20.6. The molecule has 1 amide bonds. The molecule has 1 aliphatic heterocycles. The number of hydrogen-bond acceptors (Lipinski definition) is 3. The fourth-order valence-electron chi connectivity index (χ4n) is 4.64. The molecule has 0 radical (unpaired) electrons. The first-order chi connectivity index (χ1) is 17.3. The van der Waals surface area contributed by atoms with Gasteiger partial charge in [0.25, 0.3) is 5.91 Å². The van der Waals surface area contributed by atoms with Gasteiger partial charge in [-0.05, 0) is 82.1 Å². The maximum atomic E-state index is 14.0. The molecule has 0 saturated carbocycles. The Hall–Kier alpha value is -2.13. The fraction of sp³-hybridized carbons (Fsp3) is 0.286. The quantitative estimate of drug-likeness (QED) is 0.268. The zero-order valence-electron chi connectivity index (χ0n) is 19.6. The van der Waals surface area contributed by atoms with Crippen LogP contribution in [0, 0.1) is 3.57 Å². The van der Waals surface area contributed by atoms with Crippen molar-refractivity contribution in [1.82, 2.24) is 4.90 Å². The average molecular weight is 638 g/mol. The molecule has 4 atom stereocenters. The Bertz CT molecular complexity index is 1200. The summed E-state index contributed by atoms with van der Waals surface area (Å²) in [5.41, 5.74) is 2.50. The minimum Gasteiger partial charge on any atom is -0.480 e. The van der Waals surface area contributed by atoms with Crippen molar-refractivity contribution >= 4 is 57.7 Å². The highest BCUT2D eigenvalue weighted by Crippen LogP contribution is 2.44. The minimum absolute atomic E-state index is 0.328. The van der Waals surface area contributed by atoms with Crippen molar-refractivity contribution in [2.45, 2.75) is 50.5 Å². The monoisotopic (exact) mass is 637 g/mol. The number of benzene rings is 3. The highest BCUT2D eigenvalue weighted by molar-refractivity contribution is 14.1. The van der Waals surface area contributed by atoms with Crippen molar-refractivity contribution in [2.24, 2.45) is 0 Å². The topological polar surface area (TPSA) is 66.8 Å². The van der Waals surface area contributed by atoms with Crippen molar-refractivity contribution in [2.75, 3.05) is 0 Å². The van der Waals surface area contributed by atoms with Crippen LogP contribution in [0.25, 0.3) is 0 Å². The number of aliphatic carboxylic acids is 1. The fourth-order valence-corrected chi connectivity index (χ4v) is 5.25. The highest BCUT2D eigenvalue weighted by Gasteiger charge is 2.48. The lowest BCUT2D eigenvalue weighted by Crippen LogP contribution is -2.57. The Kier molecular flexibility index (Phi) is 8.93. The lowest BCUT2D eigenvalue weighted by atomic mass is 9.88. The van der Waals surface area contributed by atoms with Gasteiger partial charge >= 0.3 is 5.97 Å². The molecule has 8 heteroatoms. The van der Waals surface area contributed by atoms with Crippen LogP contribution in [-0.4, -0.2) is 34.0 Å². The summed E-state index contributed by atoms with van der Waals surface area (Å²) in [6.07, 6.45) is -0.166. The van der Waals surface area contributed by atoms with Crippen LogP contribution in [0.15, 0.2) is 72.8 Å². The molecule has 0 bridgehead atoms. The molecule has 3 aromatic rings. The number of carboxylic acid groups (broad SMARTS) is 1. The van der Waals surface area contributed by atoms with Gasteiger partial charge in [0, 0.05) is 20.0 Å². The van der Waals surface area contributed by atoms with Crippen molar-refractivity contribution in [3.8, 4) is 0 Å². The van der Waals surface area contributed by atoms with Crippen LogP contribution in [0.4, 0.5) is 0 Å². The normalized spacial score (nSPS) is 20.8. The van der Waals surface area contributed by atoms with Gasteiger partial charge in [-0.15, -0.1) is 0 Å². The number of halogens is 3. The van der Waals surface area contributed by atoms with Crippen LogP contribution < -0.4 is 0 Å². The van der Waals surface area contributed by atoms with E-state index in [4.69, 9.17) is 27.9 Å². The molecule has 5 nitrogen and oxygen atoms in total. The van der Waals surface area contributed by atoms with Gasteiger partial charge in [-0.25, -0.2) is 4.79 Å². The molecule has 1 saturated heterocycles. The molecule has 1 heterocycles. The van der Waals surface area contributed by atoms with E-state index in [1.54, 1.807) is 24.3 Å². The predicted molar refractivity (Wildman–Crippen MR) is 149 cm³/mol. The number of morpholine rings is 1. The van der Waals surface area contributed by atoms with Crippen LogP contribution in [0.5, 0.6) is 0 Å². The third kappa shape index (κ3) is 6.05. The summed E-state index contributed by atoms with van der Waals surface area (Å²) in [6.45, 7) is 1.91. The maximum Gasteiger partial charge on any atom is 0.326 e. The van der Waals surface area contributed by atoms with E-state index in [2.05, 4.69) is 22.6 Å². The number of amides is 1. The van der Waals surface area contributed by atoms with Crippen LogP contribution >= 0.6 is 45.8 Å². The number of carbonyl (C=O) groups excluding carboxylic acids is 1. The summed E-state index contributed by atoms with van der Waals surface area (Å²) >= 11 is 14.5. The molecular formula is C28H26Cl2INO4. The zero-order valence-corrected chi connectivity index (χ0v) is 23.3. The van der Waals surface area contributed by atoms with Crippen LogP contribution in [0.3, 0.4) is 0 Å². The summed E-state index contributed by atoms with van der Waals surface area (Å²) in [7, 11) is 0. The van der Waals surface area contributed by atoms with Crippen molar-refractivity contribution < 1.29 is 19.4 Å². The van der Waals surface area contributed by atoms with E-state index in [0.29, 0.717) is 29.3 Å². The smallest absolute Gasteiger partial charge is 0.326 e. The summed E-state index contributed by atoms with van der Waals surface area (Å²) in [5, 5.41) is 11.3. The highest BCUT2D eigenvalue weighted by atomic mass is 127. The second kappa shape index (κ2) is 11.9. The van der Waals surface area contributed by atoms with E-state index in [-0.39, 0.29) is 5.91 Å². The van der Waals surface area contributed by atoms with Crippen molar-refractivity contribution in [3.05, 3.63) is 103 Å². The number of carbonyl (C=O) groups is 2. The second-order valence-corrected chi connectivity index (χ2v) is 10.9. The molecule has 188 valence electrons. The molecule has 0 aromatic heterocycles. The average Bonchev–Trinajstić information content (AvgIpc) is 2.86. The lowest BCUT2D eigenvalue weighted by Gasteiger charge is -2.47. The Morgan fingerprint density at radius 2 is 1.53 bits per heavy atom. The standard InChI is InChI=1S/C28H26Cl2INO4/c1-2-3-23(28(34)35)32-25(18-6-10-20(29)11-7-18)26(19-8-12-21(30)13-9-19)36-24(27(32)33)16-17-4-14-22(31)15-5-17/h4-15,23-26H,2-3,16H2,1H3,(H,34,35)/t23?,24-,25+,26-/m0/s1. The first kappa shape index (κ1) is 26.9. The number of nitrogens with zero attached hydrogens (tertiary/aromatic N) is 1. The zero-order chi connectivity index (χ0) is 25.8. The van der Waals surface area contributed by atoms with Gasteiger partial charge in [-0.3, -0.25) is 4.79 Å². The van der Waals surface area contributed by atoms with Gasteiger partial charge in [-0.2, -0.15) is 0 Å². The molecule has 36 heavy (non-hydrogen) atoms. The minimum atomic E-state index is -1.03. The van der Waals surface area contributed by atoms with E-state index in [9.17, 15) is 14.7 Å². The molecule has 1 N–H and O–H groups in total. The largest absolute Gasteiger partial charge is 0.480 e. The number of rotatable bonds is 8.